The molecule has 1 unspecified atom stereocenters. The van der Waals surface area contributed by atoms with Gasteiger partial charge in [0, 0.05) is 30.0 Å². The lowest BCUT2D eigenvalue weighted by Gasteiger charge is -2.35. The normalized spacial score (nSPS) is 18.9. The van der Waals surface area contributed by atoms with Crippen LogP contribution in [0, 0.1) is 5.82 Å². The van der Waals surface area contributed by atoms with Crippen LogP contribution in [-0.4, -0.2) is 72.3 Å². The van der Waals surface area contributed by atoms with Crippen molar-refractivity contribution < 1.29 is 28.2 Å². The Balaban J connectivity index is 1.13. The Kier molecular flexibility index (Phi) is 6.00. The van der Waals surface area contributed by atoms with E-state index in [9.17, 15) is 14.0 Å². The molecule has 0 saturated carbocycles. The van der Waals surface area contributed by atoms with E-state index in [0.29, 0.717) is 49.3 Å². The number of aromatic amines is 1. The molecule has 3 aromatic rings. The van der Waals surface area contributed by atoms with Crippen LogP contribution in [0.15, 0.2) is 48.5 Å². The second-order valence-corrected chi connectivity index (χ2v) is 8.58. The van der Waals surface area contributed by atoms with Crippen molar-refractivity contribution >= 4 is 22.9 Å². The number of aromatic nitrogens is 1. The maximum atomic E-state index is 13.5. The Labute approximate surface area is 196 Å². The third-order valence-electron chi connectivity index (χ3n) is 6.40. The van der Waals surface area contributed by atoms with Gasteiger partial charge in [-0.3, -0.25) is 4.79 Å². The number of cyclic esters (lactones) is 1. The molecule has 2 aliphatic heterocycles. The predicted octanol–water partition coefficient (Wildman–Crippen LogP) is 3.82. The molecular formula is C25H26FN3O5. The molecule has 2 aliphatic rings. The van der Waals surface area contributed by atoms with Gasteiger partial charge in [0.1, 0.15) is 29.6 Å². The summed E-state index contributed by atoms with van der Waals surface area (Å²) in [6.07, 6.45) is 0.649. The van der Waals surface area contributed by atoms with E-state index in [1.165, 1.54) is 12.1 Å². The quantitative estimate of drug-likeness (QED) is 0.596. The number of benzene rings is 2. The number of rotatable bonds is 6. The van der Waals surface area contributed by atoms with Crippen LogP contribution in [0.1, 0.15) is 23.3 Å². The number of hydrogen-bond donors (Lipinski definition) is 1. The Morgan fingerprint density at radius 1 is 1.12 bits per heavy atom. The number of fused-ring (bicyclic) bond motifs is 1. The molecule has 2 fully saturated rings. The molecule has 8 nitrogen and oxygen atoms in total. The Morgan fingerprint density at radius 2 is 1.85 bits per heavy atom. The van der Waals surface area contributed by atoms with Crippen LogP contribution in [-0.2, 0) is 4.74 Å². The topological polar surface area (TPSA) is 84.1 Å². The SMILES string of the molecule is COc1ccc(OCC2CN(C3CCN(C(=O)c4cc5cc(F)ccc5[nH]4)CC3)C(=O)O2)cc1. The number of nitrogens with one attached hydrogen (secondary N) is 1. The van der Waals surface area contributed by atoms with E-state index < -0.39 is 0 Å². The number of carbonyl (C=O) groups is 2. The lowest BCUT2D eigenvalue weighted by molar-refractivity contribution is 0.0653. The van der Waals surface area contributed by atoms with Crippen molar-refractivity contribution in [3.05, 3.63) is 60.0 Å². The van der Waals surface area contributed by atoms with Crippen LogP contribution in [0.3, 0.4) is 0 Å². The van der Waals surface area contributed by atoms with Gasteiger partial charge in [-0.2, -0.15) is 0 Å². The molecule has 178 valence electrons. The molecular weight excluding hydrogens is 441 g/mol. The Bertz CT molecular complexity index is 1190. The van der Waals surface area contributed by atoms with Crippen LogP contribution < -0.4 is 9.47 Å². The number of likely N-dealkylation sites (tertiary alicyclic amines) is 1. The maximum absolute atomic E-state index is 13.5. The van der Waals surface area contributed by atoms with Crippen LogP contribution in [0.25, 0.3) is 10.9 Å². The van der Waals surface area contributed by atoms with Gasteiger partial charge in [-0.1, -0.05) is 0 Å². The first-order valence-corrected chi connectivity index (χ1v) is 11.3. The number of H-pyrrole nitrogens is 1. The third kappa shape index (κ3) is 4.50. The average Bonchev–Trinajstić information content (AvgIpc) is 3.45. The first kappa shape index (κ1) is 22.1. The van der Waals surface area contributed by atoms with E-state index in [1.807, 2.05) is 24.3 Å². The summed E-state index contributed by atoms with van der Waals surface area (Å²) in [5.74, 6) is 0.970. The Hall–Kier alpha value is -3.75. The molecule has 9 heteroatoms. The minimum atomic E-state index is -0.346. The number of hydrogen-bond acceptors (Lipinski definition) is 5. The number of methoxy groups -OCH3 is 1. The zero-order valence-corrected chi connectivity index (χ0v) is 18.8. The smallest absolute Gasteiger partial charge is 0.410 e. The molecule has 0 spiro atoms. The largest absolute Gasteiger partial charge is 0.497 e. The Morgan fingerprint density at radius 3 is 2.59 bits per heavy atom. The molecule has 1 atom stereocenters. The minimum absolute atomic E-state index is 0.0133. The summed E-state index contributed by atoms with van der Waals surface area (Å²) in [6.45, 7) is 1.79. The van der Waals surface area contributed by atoms with Crippen molar-refractivity contribution in [1.29, 1.82) is 0 Å². The molecule has 0 radical (unpaired) electrons. The molecule has 2 amide bonds. The lowest BCUT2D eigenvalue weighted by atomic mass is 10.0. The monoisotopic (exact) mass is 467 g/mol. The average molecular weight is 467 g/mol. The van der Waals surface area contributed by atoms with Gasteiger partial charge in [0.25, 0.3) is 5.91 Å². The zero-order valence-electron chi connectivity index (χ0n) is 18.8. The van der Waals surface area contributed by atoms with E-state index in [-0.39, 0.29) is 36.6 Å². The molecule has 5 rings (SSSR count). The van der Waals surface area contributed by atoms with E-state index >= 15 is 0 Å². The summed E-state index contributed by atoms with van der Waals surface area (Å²) in [5.41, 5.74) is 1.16. The fourth-order valence-corrected chi connectivity index (χ4v) is 4.56. The van der Waals surface area contributed by atoms with E-state index in [0.717, 1.165) is 11.3 Å². The molecule has 3 heterocycles. The van der Waals surface area contributed by atoms with Crippen molar-refractivity contribution in [2.24, 2.45) is 0 Å². The molecule has 2 saturated heterocycles. The number of piperidine rings is 1. The van der Waals surface area contributed by atoms with Crippen molar-refractivity contribution in [3.8, 4) is 11.5 Å². The number of carbonyl (C=O) groups excluding carboxylic acids is 2. The summed E-state index contributed by atoms with van der Waals surface area (Å²) in [4.78, 5) is 32.0. The van der Waals surface area contributed by atoms with Gasteiger partial charge in [0.2, 0.25) is 0 Å². The van der Waals surface area contributed by atoms with Gasteiger partial charge in [0.05, 0.1) is 13.7 Å². The first-order chi connectivity index (χ1) is 16.5. The first-order valence-electron chi connectivity index (χ1n) is 11.3. The fraction of sp³-hybridized carbons (Fsp3) is 0.360. The van der Waals surface area contributed by atoms with Crippen molar-refractivity contribution in [1.82, 2.24) is 14.8 Å². The van der Waals surface area contributed by atoms with Gasteiger partial charge < -0.3 is 29.0 Å². The highest BCUT2D eigenvalue weighted by molar-refractivity contribution is 5.98. The molecule has 0 aliphatic carbocycles. The molecule has 1 N–H and O–H groups in total. The highest BCUT2D eigenvalue weighted by Crippen LogP contribution is 2.25. The second-order valence-electron chi connectivity index (χ2n) is 8.58. The van der Waals surface area contributed by atoms with E-state index in [4.69, 9.17) is 14.2 Å². The molecule has 2 aromatic carbocycles. The molecule has 34 heavy (non-hydrogen) atoms. The standard InChI is InChI=1S/C25H26FN3O5/c1-32-19-3-5-20(6-4-19)33-15-21-14-29(25(31)34-21)18-8-10-28(11-9-18)24(30)23-13-16-12-17(26)2-7-22(16)27-23/h2-7,12-13,18,21,27H,8-11,14-15H2,1H3. The van der Waals surface area contributed by atoms with Gasteiger partial charge in [-0.05, 0) is 61.4 Å². The van der Waals surface area contributed by atoms with Gasteiger partial charge in [0.15, 0.2) is 6.10 Å². The summed E-state index contributed by atoms with van der Waals surface area (Å²) in [5, 5.41) is 0.668. The molecule has 0 bridgehead atoms. The van der Waals surface area contributed by atoms with Gasteiger partial charge >= 0.3 is 6.09 Å². The van der Waals surface area contributed by atoms with E-state index in [1.54, 1.807) is 29.0 Å². The minimum Gasteiger partial charge on any atom is -0.497 e. The van der Waals surface area contributed by atoms with Crippen LogP contribution in [0.2, 0.25) is 0 Å². The third-order valence-corrected chi connectivity index (χ3v) is 6.40. The van der Waals surface area contributed by atoms with Crippen molar-refractivity contribution in [2.75, 3.05) is 33.4 Å². The lowest BCUT2D eigenvalue weighted by Crippen LogP contribution is -2.47. The predicted molar refractivity (Wildman–Crippen MR) is 123 cm³/mol. The van der Waals surface area contributed by atoms with E-state index in [2.05, 4.69) is 4.98 Å². The number of ether oxygens (including phenoxy) is 3. The maximum Gasteiger partial charge on any atom is 0.410 e. The van der Waals surface area contributed by atoms with Gasteiger partial charge in [-0.15, -0.1) is 0 Å². The van der Waals surface area contributed by atoms with Crippen molar-refractivity contribution in [2.45, 2.75) is 25.0 Å². The zero-order chi connectivity index (χ0) is 23.7. The number of amides is 2. The second kappa shape index (κ2) is 9.24. The van der Waals surface area contributed by atoms with Crippen LogP contribution >= 0.6 is 0 Å². The highest BCUT2D eigenvalue weighted by Gasteiger charge is 2.38. The number of nitrogens with zero attached hydrogens (tertiary/aromatic N) is 2. The summed E-state index contributed by atoms with van der Waals surface area (Å²) >= 11 is 0. The summed E-state index contributed by atoms with van der Waals surface area (Å²) in [7, 11) is 1.60. The summed E-state index contributed by atoms with van der Waals surface area (Å²) in [6, 6.07) is 13.3. The van der Waals surface area contributed by atoms with Crippen molar-refractivity contribution in [3.63, 3.8) is 0 Å². The highest BCUT2D eigenvalue weighted by atomic mass is 19.1. The van der Waals surface area contributed by atoms with Gasteiger partial charge in [-0.25, -0.2) is 9.18 Å². The number of halogens is 1. The van der Waals surface area contributed by atoms with Crippen LogP contribution in [0.4, 0.5) is 9.18 Å². The fourth-order valence-electron chi connectivity index (χ4n) is 4.56. The molecule has 1 aromatic heterocycles. The van der Waals surface area contributed by atoms with Crippen LogP contribution in [0.5, 0.6) is 11.5 Å². The summed E-state index contributed by atoms with van der Waals surface area (Å²) < 4.78 is 29.9.